The van der Waals surface area contributed by atoms with Crippen molar-refractivity contribution in [3.05, 3.63) is 89.0 Å². The first-order valence-electron chi connectivity index (χ1n) is 12.9. The summed E-state index contributed by atoms with van der Waals surface area (Å²) in [5.74, 6) is -2.90. The fraction of sp³-hybridized carbons (Fsp3) is 0.355. The van der Waals surface area contributed by atoms with E-state index in [1.165, 1.54) is 18.2 Å². The number of ether oxygens (including phenoxy) is 1. The van der Waals surface area contributed by atoms with Crippen molar-refractivity contribution in [1.29, 1.82) is 0 Å². The van der Waals surface area contributed by atoms with Gasteiger partial charge in [-0.15, -0.1) is 0 Å². The average molecular weight is 551 g/mol. The Morgan fingerprint density at radius 1 is 0.846 bits per heavy atom. The highest BCUT2D eigenvalue weighted by Crippen LogP contribution is 2.37. The lowest BCUT2D eigenvalue weighted by Gasteiger charge is -2.33. The predicted molar refractivity (Wildman–Crippen MR) is 138 cm³/mol. The van der Waals surface area contributed by atoms with Crippen LogP contribution in [0.15, 0.2) is 54.6 Å². The average Bonchev–Trinajstić information content (AvgIpc) is 2.87. The van der Waals surface area contributed by atoms with Crippen molar-refractivity contribution in [3.63, 3.8) is 0 Å². The Labute approximate surface area is 223 Å². The van der Waals surface area contributed by atoms with E-state index in [1.54, 1.807) is 12.1 Å². The zero-order valence-corrected chi connectivity index (χ0v) is 21.6. The SMILES string of the molecule is CCCC(C)C1CCC(c2ccc(-c3ccc(-c4cc(F)c(/C=C/C(F)(F)F)c(F)c4)c(F)c3)c(F)c2)OC1. The van der Waals surface area contributed by atoms with Crippen molar-refractivity contribution in [2.24, 2.45) is 11.8 Å². The van der Waals surface area contributed by atoms with Gasteiger partial charge < -0.3 is 4.74 Å². The van der Waals surface area contributed by atoms with Crippen molar-refractivity contribution in [1.82, 2.24) is 0 Å². The highest BCUT2D eigenvalue weighted by atomic mass is 19.4. The fourth-order valence-electron chi connectivity index (χ4n) is 5.13. The number of benzene rings is 3. The maximum atomic E-state index is 15.1. The van der Waals surface area contributed by atoms with Crippen LogP contribution in [0.4, 0.5) is 30.7 Å². The van der Waals surface area contributed by atoms with Gasteiger partial charge in [-0.2, -0.15) is 13.2 Å². The van der Waals surface area contributed by atoms with Crippen LogP contribution in [0.25, 0.3) is 28.3 Å². The van der Waals surface area contributed by atoms with E-state index in [0.29, 0.717) is 24.0 Å². The minimum absolute atomic E-state index is 0.152. The molecule has 1 fully saturated rings. The summed E-state index contributed by atoms with van der Waals surface area (Å²) < 4.78 is 102. The second-order valence-electron chi connectivity index (χ2n) is 10.1. The summed E-state index contributed by atoms with van der Waals surface area (Å²) in [5.41, 5.74) is -0.176. The van der Waals surface area contributed by atoms with E-state index in [0.717, 1.165) is 43.9 Å². The topological polar surface area (TPSA) is 9.23 Å². The van der Waals surface area contributed by atoms with Crippen molar-refractivity contribution in [2.45, 2.75) is 51.8 Å². The molecule has 0 amide bonds. The monoisotopic (exact) mass is 550 g/mol. The third-order valence-corrected chi connectivity index (χ3v) is 7.33. The van der Waals surface area contributed by atoms with Crippen LogP contribution in [0.1, 0.15) is 56.8 Å². The van der Waals surface area contributed by atoms with Gasteiger partial charge in [0.25, 0.3) is 0 Å². The molecule has 1 aliphatic heterocycles. The Morgan fingerprint density at radius 3 is 2.03 bits per heavy atom. The maximum Gasteiger partial charge on any atom is 0.409 e. The van der Waals surface area contributed by atoms with Crippen LogP contribution in [-0.4, -0.2) is 12.8 Å². The van der Waals surface area contributed by atoms with Crippen molar-refractivity contribution >= 4 is 6.08 Å². The lowest BCUT2D eigenvalue weighted by Crippen LogP contribution is -2.25. The quantitative estimate of drug-likeness (QED) is 0.266. The zero-order chi connectivity index (χ0) is 28.3. The lowest BCUT2D eigenvalue weighted by molar-refractivity contribution is -0.0790. The summed E-state index contributed by atoms with van der Waals surface area (Å²) in [4.78, 5) is 0. The van der Waals surface area contributed by atoms with E-state index in [2.05, 4.69) is 13.8 Å². The number of hydrogen-bond donors (Lipinski definition) is 0. The number of rotatable bonds is 7. The molecule has 3 aromatic rings. The molecular weight excluding hydrogens is 521 g/mol. The van der Waals surface area contributed by atoms with Gasteiger partial charge in [-0.05, 0) is 71.7 Å². The Kier molecular flexibility index (Phi) is 8.84. The van der Waals surface area contributed by atoms with Crippen molar-refractivity contribution in [2.75, 3.05) is 6.61 Å². The molecule has 0 N–H and O–H groups in total. The molecule has 0 aromatic heterocycles. The molecular formula is C31H29F7O. The molecule has 208 valence electrons. The Hall–Kier alpha value is -3.13. The first-order valence-corrected chi connectivity index (χ1v) is 12.9. The summed E-state index contributed by atoms with van der Waals surface area (Å²) in [7, 11) is 0. The van der Waals surface area contributed by atoms with Crippen LogP contribution in [0, 0.1) is 35.1 Å². The second-order valence-corrected chi connectivity index (χ2v) is 10.1. The molecule has 0 saturated carbocycles. The molecule has 3 aromatic carbocycles. The smallest absolute Gasteiger partial charge is 0.373 e. The van der Waals surface area contributed by atoms with E-state index in [-0.39, 0.29) is 40.5 Å². The molecule has 39 heavy (non-hydrogen) atoms. The predicted octanol–water partition coefficient (Wildman–Crippen LogP) is 10.1. The minimum atomic E-state index is -4.74. The molecule has 1 saturated heterocycles. The van der Waals surface area contributed by atoms with E-state index < -0.39 is 35.0 Å². The van der Waals surface area contributed by atoms with Gasteiger partial charge >= 0.3 is 6.18 Å². The van der Waals surface area contributed by atoms with Crippen LogP contribution in [-0.2, 0) is 4.74 Å². The van der Waals surface area contributed by atoms with Crippen LogP contribution in [0.5, 0.6) is 0 Å². The summed E-state index contributed by atoms with van der Waals surface area (Å²) in [6.45, 7) is 5.02. The first-order chi connectivity index (χ1) is 18.5. The second kappa shape index (κ2) is 11.9. The van der Waals surface area contributed by atoms with Crippen LogP contribution < -0.4 is 0 Å². The summed E-state index contributed by atoms with van der Waals surface area (Å²) in [6, 6.07) is 9.92. The van der Waals surface area contributed by atoms with Gasteiger partial charge in [0.2, 0.25) is 0 Å². The normalized spacial score (nSPS) is 19.0. The highest BCUT2D eigenvalue weighted by molar-refractivity contribution is 5.72. The van der Waals surface area contributed by atoms with E-state index in [9.17, 15) is 26.3 Å². The third-order valence-electron chi connectivity index (χ3n) is 7.33. The van der Waals surface area contributed by atoms with Crippen molar-refractivity contribution < 1.29 is 35.5 Å². The zero-order valence-electron chi connectivity index (χ0n) is 21.6. The van der Waals surface area contributed by atoms with E-state index in [1.807, 2.05) is 0 Å². The van der Waals surface area contributed by atoms with Gasteiger partial charge in [0.15, 0.2) is 0 Å². The van der Waals surface area contributed by atoms with Gasteiger partial charge in [-0.25, -0.2) is 17.6 Å². The molecule has 1 nitrogen and oxygen atoms in total. The van der Waals surface area contributed by atoms with Crippen LogP contribution in [0.2, 0.25) is 0 Å². The summed E-state index contributed by atoms with van der Waals surface area (Å²) in [5, 5.41) is 0. The molecule has 0 bridgehead atoms. The maximum absolute atomic E-state index is 15.1. The number of allylic oxidation sites excluding steroid dienone is 1. The summed E-state index contributed by atoms with van der Waals surface area (Å²) in [6.07, 6.45) is -0.896. The van der Waals surface area contributed by atoms with Gasteiger partial charge in [-0.1, -0.05) is 51.0 Å². The number of hydrogen-bond acceptors (Lipinski definition) is 1. The Balaban J connectivity index is 1.52. The van der Waals surface area contributed by atoms with Crippen LogP contribution >= 0.6 is 0 Å². The third kappa shape index (κ3) is 6.90. The van der Waals surface area contributed by atoms with Gasteiger partial charge in [0.1, 0.15) is 23.3 Å². The van der Waals surface area contributed by atoms with E-state index >= 15 is 4.39 Å². The van der Waals surface area contributed by atoms with Gasteiger partial charge in [0.05, 0.1) is 12.7 Å². The van der Waals surface area contributed by atoms with E-state index in [4.69, 9.17) is 4.74 Å². The minimum Gasteiger partial charge on any atom is -0.373 e. The molecule has 0 aliphatic carbocycles. The van der Waals surface area contributed by atoms with Crippen molar-refractivity contribution in [3.8, 4) is 22.3 Å². The standard InChI is InChI=1S/C31H29F7O/c1-3-4-18(2)21-7-10-30(39-17-21)20-6-9-23(27(33)14-20)19-5-8-24(26(32)13-19)22-15-28(34)25(29(35)16-22)11-12-31(36,37)38/h5-6,8-9,11-16,18,21,30H,3-4,7,10,17H2,1-2H3/b12-11+. The lowest BCUT2D eigenvalue weighted by atomic mass is 9.84. The van der Waals surface area contributed by atoms with Crippen LogP contribution in [0.3, 0.4) is 0 Å². The molecule has 3 atom stereocenters. The number of halogens is 7. The molecule has 1 heterocycles. The fourth-order valence-corrected chi connectivity index (χ4v) is 5.13. The number of alkyl halides is 3. The molecule has 1 aliphatic rings. The largest absolute Gasteiger partial charge is 0.409 e. The molecule has 0 spiro atoms. The molecule has 4 rings (SSSR count). The molecule has 3 unspecified atom stereocenters. The first kappa shape index (κ1) is 28.9. The molecule has 8 heteroatoms. The van der Waals surface area contributed by atoms with Gasteiger partial charge in [-0.3, -0.25) is 0 Å². The highest BCUT2D eigenvalue weighted by Gasteiger charge is 2.27. The molecule has 0 radical (unpaired) electrons. The Morgan fingerprint density at radius 2 is 1.46 bits per heavy atom. The summed E-state index contributed by atoms with van der Waals surface area (Å²) >= 11 is 0. The Bertz CT molecular complexity index is 1310. The van der Waals surface area contributed by atoms with Gasteiger partial charge in [0, 0.05) is 22.8 Å².